The van der Waals surface area contributed by atoms with Gasteiger partial charge in [-0.2, -0.15) is 0 Å². The lowest BCUT2D eigenvalue weighted by Gasteiger charge is -2.12. The first-order valence-electron chi connectivity index (χ1n) is 8.16. The van der Waals surface area contributed by atoms with Gasteiger partial charge in [0.2, 0.25) is 0 Å². The zero-order valence-corrected chi connectivity index (χ0v) is 15.2. The molecule has 0 spiro atoms. The van der Waals surface area contributed by atoms with Crippen molar-refractivity contribution in [1.82, 2.24) is 0 Å². The van der Waals surface area contributed by atoms with Crippen LogP contribution in [0, 0.1) is 11.8 Å². The van der Waals surface area contributed by atoms with Crippen molar-refractivity contribution in [2.75, 3.05) is 0 Å². The maximum absolute atomic E-state index is 9.99. The van der Waals surface area contributed by atoms with E-state index in [9.17, 15) is 10.2 Å². The lowest BCUT2D eigenvalue weighted by molar-refractivity contribution is 0.461. The molecule has 2 aromatic carbocycles. The van der Waals surface area contributed by atoms with Gasteiger partial charge >= 0.3 is 0 Å². The van der Waals surface area contributed by atoms with E-state index >= 15 is 0 Å². The summed E-state index contributed by atoms with van der Waals surface area (Å²) >= 11 is 1.67. The Balaban J connectivity index is 2.22. The standard InChI is InChI=1S/C20H26O2S/c1-13(2)9-15-11-17(5-7-19(15)21)23-18-6-8-20(22)16(12-18)10-14(3)4/h5-8,11-14,21-22H,9-10H2,1-4H3. The van der Waals surface area contributed by atoms with Gasteiger partial charge in [-0.05, 0) is 72.2 Å². The molecule has 0 saturated carbocycles. The molecule has 0 aliphatic heterocycles. The van der Waals surface area contributed by atoms with Gasteiger partial charge in [-0.3, -0.25) is 0 Å². The van der Waals surface area contributed by atoms with Crippen LogP contribution in [0.5, 0.6) is 11.5 Å². The minimum atomic E-state index is 0.370. The summed E-state index contributed by atoms with van der Waals surface area (Å²) in [6, 6.07) is 11.6. The second-order valence-electron chi connectivity index (χ2n) is 6.88. The second kappa shape index (κ2) is 7.78. The minimum Gasteiger partial charge on any atom is -0.508 e. The van der Waals surface area contributed by atoms with Gasteiger partial charge in [0.25, 0.3) is 0 Å². The molecule has 3 heteroatoms. The third-order valence-electron chi connectivity index (χ3n) is 3.59. The molecule has 0 aliphatic carbocycles. The molecule has 0 fully saturated rings. The van der Waals surface area contributed by atoms with E-state index in [1.807, 2.05) is 12.1 Å². The van der Waals surface area contributed by atoms with Crippen molar-refractivity contribution in [3.63, 3.8) is 0 Å². The van der Waals surface area contributed by atoms with Gasteiger partial charge in [0.05, 0.1) is 0 Å². The largest absolute Gasteiger partial charge is 0.508 e. The average molecular weight is 330 g/mol. The lowest BCUT2D eigenvalue weighted by atomic mass is 10.0. The molecular formula is C20H26O2S. The third kappa shape index (κ3) is 5.21. The quantitative estimate of drug-likeness (QED) is 0.719. The van der Waals surface area contributed by atoms with E-state index in [1.54, 1.807) is 23.9 Å². The maximum atomic E-state index is 9.99. The molecule has 124 valence electrons. The van der Waals surface area contributed by atoms with Gasteiger partial charge in [-0.1, -0.05) is 39.5 Å². The van der Waals surface area contributed by atoms with Crippen LogP contribution in [0.3, 0.4) is 0 Å². The highest BCUT2D eigenvalue weighted by Gasteiger charge is 2.09. The molecule has 0 atom stereocenters. The molecule has 0 unspecified atom stereocenters. The number of phenols is 2. The Morgan fingerprint density at radius 3 is 1.48 bits per heavy atom. The highest BCUT2D eigenvalue weighted by atomic mass is 32.2. The first-order valence-corrected chi connectivity index (χ1v) is 8.98. The zero-order valence-electron chi connectivity index (χ0n) is 14.3. The van der Waals surface area contributed by atoms with Crippen LogP contribution >= 0.6 is 11.8 Å². The van der Waals surface area contributed by atoms with Crippen molar-refractivity contribution in [1.29, 1.82) is 0 Å². The Kier molecular flexibility index (Phi) is 6.00. The van der Waals surface area contributed by atoms with Gasteiger partial charge in [0.1, 0.15) is 11.5 Å². The molecule has 2 nitrogen and oxygen atoms in total. The molecule has 2 aromatic rings. The molecule has 0 saturated heterocycles. The lowest BCUT2D eigenvalue weighted by Crippen LogP contribution is -1.95. The first kappa shape index (κ1) is 17.7. The van der Waals surface area contributed by atoms with Crippen LogP contribution in [0.4, 0.5) is 0 Å². The van der Waals surface area contributed by atoms with E-state index in [0.29, 0.717) is 23.3 Å². The summed E-state index contributed by atoms with van der Waals surface area (Å²) in [6.07, 6.45) is 1.74. The van der Waals surface area contributed by atoms with Crippen LogP contribution in [0.25, 0.3) is 0 Å². The van der Waals surface area contributed by atoms with Crippen molar-refractivity contribution in [3.8, 4) is 11.5 Å². The van der Waals surface area contributed by atoms with Crippen molar-refractivity contribution >= 4 is 11.8 Å². The Bertz CT molecular complexity index is 605. The van der Waals surface area contributed by atoms with Crippen molar-refractivity contribution in [3.05, 3.63) is 47.5 Å². The Morgan fingerprint density at radius 2 is 1.13 bits per heavy atom. The van der Waals surface area contributed by atoms with E-state index in [4.69, 9.17) is 0 Å². The van der Waals surface area contributed by atoms with E-state index in [1.165, 1.54) is 0 Å². The van der Waals surface area contributed by atoms with Gasteiger partial charge in [0, 0.05) is 9.79 Å². The molecule has 23 heavy (non-hydrogen) atoms. The molecule has 0 heterocycles. The SMILES string of the molecule is CC(C)Cc1cc(Sc2ccc(O)c(CC(C)C)c2)ccc1O. The molecular weight excluding hydrogens is 304 g/mol. The van der Waals surface area contributed by atoms with Crippen LogP contribution in [-0.2, 0) is 12.8 Å². The predicted molar refractivity (Wildman–Crippen MR) is 97.4 cm³/mol. The van der Waals surface area contributed by atoms with Crippen molar-refractivity contribution in [2.45, 2.75) is 50.3 Å². The third-order valence-corrected chi connectivity index (χ3v) is 4.57. The number of rotatable bonds is 6. The zero-order chi connectivity index (χ0) is 17.0. The Labute approximate surface area is 143 Å². The maximum Gasteiger partial charge on any atom is 0.118 e. The molecule has 0 amide bonds. The van der Waals surface area contributed by atoms with Crippen LogP contribution in [0.2, 0.25) is 0 Å². The molecule has 0 bridgehead atoms. The van der Waals surface area contributed by atoms with Gasteiger partial charge in [-0.15, -0.1) is 0 Å². The topological polar surface area (TPSA) is 40.5 Å². The van der Waals surface area contributed by atoms with Crippen LogP contribution < -0.4 is 0 Å². The van der Waals surface area contributed by atoms with Crippen LogP contribution in [-0.4, -0.2) is 10.2 Å². The van der Waals surface area contributed by atoms with E-state index < -0.39 is 0 Å². The highest BCUT2D eigenvalue weighted by molar-refractivity contribution is 7.99. The summed E-state index contributed by atoms with van der Waals surface area (Å²) in [5.41, 5.74) is 1.98. The normalized spacial score (nSPS) is 11.4. The fraction of sp³-hybridized carbons (Fsp3) is 0.400. The Morgan fingerprint density at radius 1 is 0.739 bits per heavy atom. The van der Waals surface area contributed by atoms with E-state index in [-0.39, 0.29) is 0 Å². The highest BCUT2D eigenvalue weighted by Crippen LogP contribution is 2.34. The number of aromatic hydroxyl groups is 2. The summed E-state index contributed by atoms with van der Waals surface area (Å²) in [5.74, 6) is 1.75. The molecule has 2 rings (SSSR count). The van der Waals surface area contributed by atoms with Gasteiger partial charge < -0.3 is 10.2 Å². The fourth-order valence-corrected chi connectivity index (χ4v) is 3.54. The first-order chi connectivity index (χ1) is 10.8. The minimum absolute atomic E-state index is 0.370. The van der Waals surface area contributed by atoms with Gasteiger partial charge in [-0.25, -0.2) is 0 Å². The molecule has 0 radical (unpaired) electrons. The predicted octanol–water partition coefficient (Wildman–Crippen LogP) is 5.65. The molecule has 0 aromatic heterocycles. The number of hydrogen-bond acceptors (Lipinski definition) is 3. The van der Waals surface area contributed by atoms with Crippen LogP contribution in [0.15, 0.2) is 46.2 Å². The van der Waals surface area contributed by atoms with Crippen LogP contribution in [0.1, 0.15) is 38.8 Å². The number of hydrogen-bond donors (Lipinski definition) is 2. The summed E-state index contributed by atoms with van der Waals surface area (Å²) in [6.45, 7) is 8.60. The van der Waals surface area contributed by atoms with E-state index in [2.05, 4.69) is 39.8 Å². The number of benzene rings is 2. The number of phenolic OH excluding ortho intramolecular Hbond substituents is 2. The molecule has 0 aliphatic rings. The summed E-state index contributed by atoms with van der Waals surface area (Å²) in [5, 5.41) is 20.0. The van der Waals surface area contributed by atoms with Gasteiger partial charge in [0.15, 0.2) is 0 Å². The Hall–Kier alpha value is -1.61. The average Bonchev–Trinajstić information content (AvgIpc) is 2.45. The smallest absolute Gasteiger partial charge is 0.118 e. The summed E-state index contributed by atoms with van der Waals surface area (Å²) in [7, 11) is 0. The molecule has 2 N–H and O–H groups in total. The second-order valence-corrected chi connectivity index (χ2v) is 8.03. The monoisotopic (exact) mass is 330 g/mol. The van der Waals surface area contributed by atoms with E-state index in [0.717, 1.165) is 33.8 Å². The fourth-order valence-electron chi connectivity index (χ4n) is 2.59. The van der Waals surface area contributed by atoms with Crippen molar-refractivity contribution in [2.24, 2.45) is 11.8 Å². The summed E-state index contributed by atoms with van der Waals surface area (Å²) < 4.78 is 0. The summed E-state index contributed by atoms with van der Waals surface area (Å²) in [4.78, 5) is 2.22. The van der Waals surface area contributed by atoms with Crippen molar-refractivity contribution < 1.29 is 10.2 Å².